The monoisotopic (exact) mass is 437 g/mol. The number of nitrogens with zero attached hydrogens (tertiary/aromatic N) is 2. The third kappa shape index (κ3) is 5.70. The lowest BCUT2D eigenvalue weighted by Crippen LogP contribution is -2.22. The standard InChI is InChI=1S/C19H23N3O5S2/c1-11(2)12-4-6-13(7-5-12)22-17(24)14(16(23)21-19(22)28)10-20-15(18(25)26)8-9-29(3)27/h4-7,10-11,15,24H,8-9H2,1-3H3,(H,25,26)(H,21,23,28)/t15-,29-/m1/s1. The van der Waals surface area contributed by atoms with E-state index in [2.05, 4.69) is 23.8 Å². The van der Waals surface area contributed by atoms with Gasteiger partial charge in [-0.25, -0.2) is 4.79 Å². The second-order valence-corrected chi connectivity index (χ2v) is 8.72. The first-order valence-electron chi connectivity index (χ1n) is 8.86. The first kappa shape index (κ1) is 22.7. The third-order valence-electron chi connectivity index (χ3n) is 4.29. The van der Waals surface area contributed by atoms with Gasteiger partial charge in [-0.1, -0.05) is 26.0 Å². The highest BCUT2D eigenvalue weighted by Crippen LogP contribution is 2.21. The van der Waals surface area contributed by atoms with E-state index in [4.69, 9.17) is 12.2 Å². The number of carboxylic acids is 1. The molecule has 156 valence electrons. The van der Waals surface area contributed by atoms with E-state index in [9.17, 15) is 24.0 Å². The summed E-state index contributed by atoms with van der Waals surface area (Å²) in [4.78, 5) is 30.0. The summed E-state index contributed by atoms with van der Waals surface area (Å²) in [7, 11) is -1.17. The van der Waals surface area contributed by atoms with E-state index in [1.807, 2.05) is 12.1 Å². The van der Waals surface area contributed by atoms with Crippen molar-refractivity contribution in [2.75, 3.05) is 12.0 Å². The predicted molar refractivity (Wildman–Crippen MR) is 116 cm³/mol. The highest BCUT2D eigenvalue weighted by atomic mass is 32.2. The molecule has 0 aliphatic heterocycles. The quantitative estimate of drug-likeness (QED) is 0.430. The van der Waals surface area contributed by atoms with E-state index < -0.39 is 34.2 Å². The van der Waals surface area contributed by atoms with Crippen LogP contribution < -0.4 is 5.56 Å². The first-order chi connectivity index (χ1) is 13.6. The Labute approximate surface area is 175 Å². The van der Waals surface area contributed by atoms with Gasteiger partial charge in [-0.15, -0.1) is 0 Å². The number of hydrogen-bond donors (Lipinski definition) is 3. The second kappa shape index (κ2) is 9.75. The molecule has 3 N–H and O–H groups in total. The van der Waals surface area contributed by atoms with Crippen molar-refractivity contribution in [3.63, 3.8) is 0 Å². The van der Waals surface area contributed by atoms with Gasteiger partial charge in [0.1, 0.15) is 11.6 Å². The van der Waals surface area contributed by atoms with Crippen molar-refractivity contribution in [2.24, 2.45) is 4.99 Å². The number of aromatic amines is 1. The number of aromatic nitrogens is 2. The van der Waals surface area contributed by atoms with Crippen LogP contribution in [0.5, 0.6) is 5.88 Å². The van der Waals surface area contributed by atoms with Crippen LogP contribution in [-0.2, 0) is 15.6 Å². The van der Waals surface area contributed by atoms with Gasteiger partial charge < -0.3 is 10.2 Å². The van der Waals surface area contributed by atoms with Crippen LogP contribution in [-0.4, -0.2) is 54.2 Å². The molecule has 2 rings (SSSR count). The SMILES string of the molecule is CC(C)c1ccc(-n2c(O)c(C=N[C@H](CC[S@@](C)=O)C(=O)O)c(=O)[nH]c2=S)cc1. The summed E-state index contributed by atoms with van der Waals surface area (Å²) < 4.78 is 12.5. The van der Waals surface area contributed by atoms with Crippen LogP contribution in [0.25, 0.3) is 5.69 Å². The zero-order valence-electron chi connectivity index (χ0n) is 16.3. The van der Waals surface area contributed by atoms with Crippen LogP contribution in [0.4, 0.5) is 0 Å². The molecular weight excluding hydrogens is 414 g/mol. The highest BCUT2D eigenvalue weighted by molar-refractivity contribution is 7.84. The molecule has 1 heterocycles. The third-order valence-corrected chi connectivity index (χ3v) is 5.38. The number of hydrogen-bond acceptors (Lipinski definition) is 6. The van der Waals surface area contributed by atoms with Crippen molar-refractivity contribution in [1.29, 1.82) is 0 Å². The van der Waals surface area contributed by atoms with E-state index in [0.717, 1.165) is 11.8 Å². The average molecular weight is 438 g/mol. The lowest BCUT2D eigenvalue weighted by Gasteiger charge is -2.13. The second-order valence-electron chi connectivity index (χ2n) is 6.78. The lowest BCUT2D eigenvalue weighted by molar-refractivity contribution is -0.138. The molecular formula is C19H23N3O5S2. The van der Waals surface area contributed by atoms with Gasteiger partial charge in [0.05, 0.1) is 5.69 Å². The molecule has 10 heteroatoms. The number of nitrogens with one attached hydrogen (secondary N) is 1. The molecule has 29 heavy (non-hydrogen) atoms. The van der Waals surface area contributed by atoms with Crippen molar-refractivity contribution in [2.45, 2.75) is 32.2 Å². The lowest BCUT2D eigenvalue weighted by atomic mass is 10.0. The molecule has 0 fully saturated rings. The van der Waals surface area contributed by atoms with Gasteiger partial charge in [0.2, 0.25) is 5.88 Å². The summed E-state index contributed by atoms with van der Waals surface area (Å²) in [6.45, 7) is 4.11. The Kier molecular flexibility index (Phi) is 7.63. The summed E-state index contributed by atoms with van der Waals surface area (Å²) in [5, 5.41) is 19.9. The number of H-pyrrole nitrogens is 1. The number of aliphatic carboxylic acids is 1. The van der Waals surface area contributed by atoms with Gasteiger partial charge in [0.15, 0.2) is 4.77 Å². The number of aromatic hydroxyl groups is 1. The summed E-state index contributed by atoms with van der Waals surface area (Å²) in [5.74, 6) is -1.17. The minimum atomic E-state index is -1.21. The molecule has 2 atom stereocenters. The molecule has 8 nitrogen and oxygen atoms in total. The van der Waals surface area contributed by atoms with Crippen molar-refractivity contribution in [3.8, 4) is 11.6 Å². The zero-order valence-corrected chi connectivity index (χ0v) is 17.9. The van der Waals surface area contributed by atoms with Crippen LogP contribution in [0.3, 0.4) is 0 Å². The number of carboxylic acid groups (broad SMARTS) is 1. The molecule has 0 amide bonds. The predicted octanol–water partition coefficient (Wildman–Crippen LogP) is 2.36. The highest BCUT2D eigenvalue weighted by Gasteiger charge is 2.18. The van der Waals surface area contributed by atoms with Crippen molar-refractivity contribution in [1.82, 2.24) is 9.55 Å². The normalized spacial score (nSPS) is 13.7. The molecule has 2 aromatic rings. The number of aliphatic imine (C=N–C) groups is 1. The molecule has 0 spiro atoms. The molecule has 1 aromatic carbocycles. The smallest absolute Gasteiger partial charge is 0.328 e. The Morgan fingerprint density at radius 3 is 2.48 bits per heavy atom. The molecule has 0 aliphatic carbocycles. The Bertz CT molecular complexity index is 1050. The van der Waals surface area contributed by atoms with Crippen LogP contribution in [0.1, 0.15) is 37.3 Å². The first-order valence-corrected chi connectivity index (χ1v) is 11.0. The maximum atomic E-state index is 12.3. The Hall–Kier alpha value is -2.59. The number of carbonyl (C=O) groups is 1. The van der Waals surface area contributed by atoms with Gasteiger partial charge in [-0.05, 0) is 42.3 Å². The molecule has 0 saturated heterocycles. The molecule has 0 aliphatic rings. The summed E-state index contributed by atoms with van der Waals surface area (Å²) in [6, 6.07) is 6.14. The Morgan fingerprint density at radius 1 is 1.34 bits per heavy atom. The molecule has 1 aromatic heterocycles. The summed E-state index contributed by atoms with van der Waals surface area (Å²) in [5.41, 5.74) is 0.743. The largest absolute Gasteiger partial charge is 0.494 e. The molecule has 0 radical (unpaired) electrons. The fourth-order valence-electron chi connectivity index (χ4n) is 2.61. The van der Waals surface area contributed by atoms with E-state index >= 15 is 0 Å². The van der Waals surface area contributed by atoms with Crippen molar-refractivity contribution >= 4 is 35.2 Å². The number of benzene rings is 1. The van der Waals surface area contributed by atoms with Crippen molar-refractivity contribution < 1.29 is 19.2 Å². The van der Waals surface area contributed by atoms with Crippen LogP contribution in [0.15, 0.2) is 34.1 Å². The van der Waals surface area contributed by atoms with Gasteiger partial charge in [0.25, 0.3) is 5.56 Å². The van der Waals surface area contributed by atoms with E-state index in [-0.39, 0.29) is 22.5 Å². The molecule has 0 bridgehead atoms. The van der Waals surface area contributed by atoms with E-state index in [0.29, 0.717) is 11.6 Å². The minimum Gasteiger partial charge on any atom is -0.494 e. The molecule has 0 saturated carbocycles. The minimum absolute atomic E-state index is 0.00175. The summed E-state index contributed by atoms with van der Waals surface area (Å²) in [6.07, 6.45) is 2.53. The zero-order chi connectivity index (χ0) is 21.7. The van der Waals surface area contributed by atoms with Gasteiger partial charge in [-0.2, -0.15) is 0 Å². The van der Waals surface area contributed by atoms with Gasteiger partial charge in [0, 0.05) is 29.0 Å². The van der Waals surface area contributed by atoms with Crippen LogP contribution in [0.2, 0.25) is 0 Å². The van der Waals surface area contributed by atoms with Crippen LogP contribution in [0, 0.1) is 4.77 Å². The van der Waals surface area contributed by atoms with E-state index in [1.54, 1.807) is 12.1 Å². The van der Waals surface area contributed by atoms with Gasteiger partial charge >= 0.3 is 5.97 Å². The summed E-state index contributed by atoms with van der Waals surface area (Å²) >= 11 is 5.18. The number of rotatable bonds is 8. The fraction of sp³-hybridized carbons (Fsp3) is 0.368. The van der Waals surface area contributed by atoms with Crippen LogP contribution >= 0.6 is 12.2 Å². The van der Waals surface area contributed by atoms with Crippen molar-refractivity contribution in [3.05, 3.63) is 50.5 Å². The maximum absolute atomic E-state index is 12.3. The fourth-order valence-corrected chi connectivity index (χ4v) is 3.45. The topological polar surface area (TPSA) is 125 Å². The Morgan fingerprint density at radius 2 is 1.97 bits per heavy atom. The van der Waals surface area contributed by atoms with Gasteiger partial charge in [-0.3, -0.25) is 23.5 Å². The van der Waals surface area contributed by atoms with E-state index in [1.165, 1.54) is 10.8 Å². The molecule has 0 unspecified atom stereocenters. The maximum Gasteiger partial charge on any atom is 0.328 e. The Balaban J connectivity index is 2.47. The average Bonchev–Trinajstić information content (AvgIpc) is 2.63.